The lowest BCUT2D eigenvalue weighted by Gasteiger charge is -2.37. The Morgan fingerprint density at radius 3 is 2.59 bits per heavy atom. The molecule has 2 aliphatic heterocycles. The zero-order valence-corrected chi connectivity index (χ0v) is 19.0. The fourth-order valence-electron chi connectivity index (χ4n) is 4.18. The molecule has 3 aromatic rings. The van der Waals surface area contributed by atoms with Crippen LogP contribution in [0.25, 0.3) is 0 Å². The molecule has 0 bridgehead atoms. The number of anilines is 1. The molecule has 0 saturated carbocycles. The predicted octanol–water partition coefficient (Wildman–Crippen LogP) is 6.14. The highest BCUT2D eigenvalue weighted by Crippen LogP contribution is 2.55. The number of oxime groups is 1. The minimum atomic E-state index is -1.02. The zero-order valence-electron chi connectivity index (χ0n) is 17.4. The van der Waals surface area contributed by atoms with Crippen molar-refractivity contribution in [3.05, 3.63) is 95.0 Å². The molecule has 0 saturated heterocycles. The first-order valence-corrected chi connectivity index (χ1v) is 11.7. The molecule has 0 fully saturated rings. The number of hydrogen-bond acceptors (Lipinski definition) is 6. The third-order valence-electron chi connectivity index (χ3n) is 5.62. The standard InChI is InChI=1S/C25H21ClN2O3S/c1-2-30-24(29)23-27-31-25(18-12-14-19(26)15-13-18)16-22(17-8-4-3-5-9-17)32-21-11-7-6-10-20(21)28(23)25/h3-15,22H,2,16H2,1H3. The number of carbonyl (C=O) groups excluding carboxylic acids is 1. The van der Waals surface area contributed by atoms with Gasteiger partial charge in [0.25, 0.3) is 5.84 Å². The molecule has 0 aromatic heterocycles. The third kappa shape index (κ3) is 3.53. The van der Waals surface area contributed by atoms with Crippen molar-refractivity contribution in [2.45, 2.75) is 29.2 Å². The molecule has 3 aromatic carbocycles. The first-order valence-electron chi connectivity index (χ1n) is 10.4. The molecule has 5 nitrogen and oxygen atoms in total. The molecule has 0 spiro atoms. The van der Waals surface area contributed by atoms with Crippen LogP contribution in [0.2, 0.25) is 5.02 Å². The van der Waals surface area contributed by atoms with E-state index in [9.17, 15) is 4.79 Å². The van der Waals surface area contributed by atoms with Crippen LogP contribution in [0.1, 0.15) is 29.7 Å². The molecule has 2 unspecified atom stereocenters. The van der Waals surface area contributed by atoms with E-state index < -0.39 is 11.7 Å². The van der Waals surface area contributed by atoms with Gasteiger partial charge in [-0.05, 0) is 36.8 Å². The number of fused-ring (bicyclic) bond motifs is 3. The Morgan fingerprint density at radius 2 is 1.84 bits per heavy atom. The molecular formula is C25H21ClN2O3S. The van der Waals surface area contributed by atoms with E-state index in [0.29, 0.717) is 11.4 Å². The Morgan fingerprint density at radius 1 is 1.12 bits per heavy atom. The second-order valence-corrected chi connectivity index (χ2v) is 9.22. The number of benzene rings is 3. The highest BCUT2D eigenvalue weighted by molar-refractivity contribution is 7.99. The number of esters is 1. The number of ether oxygens (including phenoxy) is 1. The number of hydrogen-bond donors (Lipinski definition) is 0. The molecule has 0 aliphatic carbocycles. The fraction of sp³-hybridized carbons (Fsp3) is 0.200. The Kier molecular flexibility index (Phi) is 5.57. The van der Waals surface area contributed by atoms with E-state index >= 15 is 0 Å². The summed E-state index contributed by atoms with van der Waals surface area (Å²) in [6.07, 6.45) is 0.560. The molecule has 5 rings (SSSR count). The minimum absolute atomic E-state index is 0.0646. The first-order chi connectivity index (χ1) is 15.6. The summed E-state index contributed by atoms with van der Waals surface area (Å²) in [5.74, 6) is -0.370. The summed E-state index contributed by atoms with van der Waals surface area (Å²) < 4.78 is 5.32. The Bertz CT molecular complexity index is 1170. The van der Waals surface area contributed by atoms with Gasteiger partial charge in [-0.3, -0.25) is 4.90 Å². The molecule has 2 atom stereocenters. The van der Waals surface area contributed by atoms with Gasteiger partial charge in [0.15, 0.2) is 0 Å². The highest BCUT2D eigenvalue weighted by atomic mass is 35.5. The zero-order chi connectivity index (χ0) is 22.1. The van der Waals surface area contributed by atoms with Crippen LogP contribution in [0.4, 0.5) is 5.69 Å². The lowest BCUT2D eigenvalue weighted by molar-refractivity contribution is -0.135. The van der Waals surface area contributed by atoms with E-state index in [2.05, 4.69) is 23.4 Å². The molecule has 32 heavy (non-hydrogen) atoms. The van der Waals surface area contributed by atoms with Crippen molar-refractivity contribution in [3.8, 4) is 0 Å². The molecule has 2 aliphatic rings. The normalized spacial score (nSPS) is 21.6. The number of rotatable bonds is 4. The lowest BCUT2D eigenvalue weighted by Crippen LogP contribution is -2.49. The summed E-state index contributed by atoms with van der Waals surface area (Å²) in [7, 11) is 0. The number of thioether (sulfide) groups is 1. The summed E-state index contributed by atoms with van der Waals surface area (Å²) in [6, 6.07) is 25.9. The van der Waals surface area contributed by atoms with Crippen molar-refractivity contribution in [2.24, 2.45) is 5.16 Å². The van der Waals surface area contributed by atoms with E-state index in [-0.39, 0.29) is 17.7 Å². The van der Waals surface area contributed by atoms with Gasteiger partial charge in [-0.1, -0.05) is 71.4 Å². The van der Waals surface area contributed by atoms with Crippen LogP contribution in [0, 0.1) is 0 Å². The fourth-order valence-corrected chi connectivity index (χ4v) is 5.66. The first kappa shape index (κ1) is 20.9. The van der Waals surface area contributed by atoms with Crippen LogP contribution in [-0.2, 0) is 20.1 Å². The quantitative estimate of drug-likeness (QED) is 0.434. The second-order valence-electron chi connectivity index (χ2n) is 7.54. The molecule has 0 radical (unpaired) electrons. The van der Waals surface area contributed by atoms with Crippen molar-refractivity contribution in [3.63, 3.8) is 0 Å². The molecule has 7 heteroatoms. The van der Waals surface area contributed by atoms with Crippen molar-refractivity contribution < 1.29 is 14.4 Å². The smallest absolute Gasteiger partial charge is 0.378 e. The molecule has 0 N–H and O–H groups in total. The van der Waals surface area contributed by atoms with E-state index in [1.165, 1.54) is 5.56 Å². The van der Waals surface area contributed by atoms with Gasteiger partial charge in [0.05, 0.1) is 12.3 Å². The maximum Gasteiger partial charge on any atom is 0.378 e. The summed E-state index contributed by atoms with van der Waals surface area (Å²) in [5.41, 5.74) is 1.88. The van der Waals surface area contributed by atoms with Gasteiger partial charge >= 0.3 is 5.97 Å². The SMILES string of the molecule is CCOC(=O)C1=NOC2(c3ccc(Cl)cc3)CC(c3ccccc3)Sc3ccccc3N12. The largest absolute Gasteiger partial charge is 0.460 e. The van der Waals surface area contributed by atoms with Gasteiger partial charge in [-0.25, -0.2) is 4.79 Å². The lowest BCUT2D eigenvalue weighted by atomic mass is 9.92. The molecule has 2 heterocycles. The Hall–Kier alpha value is -2.96. The summed E-state index contributed by atoms with van der Waals surface area (Å²) in [4.78, 5) is 22.0. The van der Waals surface area contributed by atoms with Crippen LogP contribution in [0.5, 0.6) is 0 Å². The summed E-state index contributed by atoms with van der Waals surface area (Å²) in [5, 5.41) is 4.96. The maximum absolute atomic E-state index is 12.9. The van der Waals surface area contributed by atoms with Crippen LogP contribution in [0.3, 0.4) is 0 Å². The van der Waals surface area contributed by atoms with Gasteiger partial charge < -0.3 is 9.57 Å². The van der Waals surface area contributed by atoms with Crippen LogP contribution >= 0.6 is 23.4 Å². The Labute approximate surface area is 196 Å². The van der Waals surface area contributed by atoms with Crippen molar-refractivity contribution in [1.82, 2.24) is 0 Å². The van der Waals surface area contributed by atoms with E-state index in [1.807, 2.05) is 65.6 Å². The van der Waals surface area contributed by atoms with E-state index in [0.717, 1.165) is 16.1 Å². The minimum Gasteiger partial charge on any atom is -0.460 e. The predicted molar refractivity (Wildman–Crippen MR) is 127 cm³/mol. The van der Waals surface area contributed by atoms with E-state index in [1.54, 1.807) is 18.7 Å². The average molecular weight is 465 g/mol. The highest BCUT2D eigenvalue weighted by Gasteiger charge is 2.54. The van der Waals surface area contributed by atoms with Crippen molar-refractivity contribution in [2.75, 3.05) is 11.5 Å². The van der Waals surface area contributed by atoms with Crippen molar-refractivity contribution in [1.29, 1.82) is 0 Å². The van der Waals surface area contributed by atoms with Gasteiger partial charge in [-0.15, -0.1) is 11.8 Å². The van der Waals surface area contributed by atoms with Crippen LogP contribution < -0.4 is 4.90 Å². The van der Waals surface area contributed by atoms with Crippen LogP contribution in [0.15, 0.2) is 88.9 Å². The summed E-state index contributed by atoms with van der Waals surface area (Å²) >= 11 is 7.94. The van der Waals surface area contributed by atoms with Gasteiger partial charge in [-0.2, -0.15) is 0 Å². The second kappa shape index (κ2) is 8.52. The van der Waals surface area contributed by atoms with Gasteiger partial charge in [0.2, 0.25) is 5.72 Å². The number of halogens is 1. The monoisotopic (exact) mass is 464 g/mol. The van der Waals surface area contributed by atoms with E-state index in [4.69, 9.17) is 21.2 Å². The maximum atomic E-state index is 12.9. The van der Waals surface area contributed by atoms with Gasteiger partial charge in [0.1, 0.15) is 0 Å². The number of carbonyl (C=O) groups is 1. The molecule has 0 amide bonds. The van der Waals surface area contributed by atoms with Gasteiger partial charge in [0, 0.05) is 27.2 Å². The summed E-state index contributed by atoms with van der Waals surface area (Å²) in [6.45, 7) is 2.03. The number of nitrogens with zero attached hydrogens (tertiary/aromatic N) is 2. The molecular weight excluding hydrogens is 444 g/mol. The number of amidine groups is 1. The number of para-hydroxylation sites is 1. The Balaban J connectivity index is 1.72. The topological polar surface area (TPSA) is 51.1 Å². The third-order valence-corrected chi connectivity index (χ3v) is 7.19. The average Bonchev–Trinajstić information content (AvgIpc) is 3.13. The van der Waals surface area contributed by atoms with Crippen LogP contribution in [-0.4, -0.2) is 18.4 Å². The van der Waals surface area contributed by atoms with Crippen molar-refractivity contribution >= 4 is 40.9 Å². The molecule has 162 valence electrons.